The van der Waals surface area contributed by atoms with Crippen LogP contribution in [0.1, 0.15) is 46.0 Å². The highest BCUT2D eigenvalue weighted by Crippen LogP contribution is 2.29. The summed E-state index contributed by atoms with van der Waals surface area (Å²) in [6.07, 6.45) is 5.77. The Bertz CT molecular complexity index is 390. The predicted octanol–water partition coefficient (Wildman–Crippen LogP) is 3.76. The molecule has 0 amide bonds. The van der Waals surface area contributed by atoms with Gasteiger partial charge in [-0.3, -0.25) is 0 Å². The number of hydrogen-bond acceptors (Lipinski definition) is 3. The lowest BCUT2D eigenvalue weighted by molar-refractivity contribution is 0.101. The zero-order chi connectivity index (χ0) is 14.4. The van der Waals surface area contributed by atoms with E-state index in [2.05, 4.69) is 13.8 Å². The molecular weight excluding hydrogens is 250 g/mol. The molecule has 0 heterocycles. The van der Waals surface area contributed by atoms with Crippen molar-refractivity contribution >= 4 is 0 Å². The van der Waals surface area contributed by atoms with Crippen LogP contribution in [-0.4, -0.2) is 18.8 Å². The summed E-state index contributed by atoms with van der Waals surface area (Å²) in [5, 5.41) is 0. The van der Waals surface area contributed by atoms with Gasteiger partial charge in [-0.05, 0) is 55.9 Å². The van der Waals surface area contributed by atoms with Gasteiger partial charge in [0.15, 0.2) is 0 Å². The van der Waals surface area contributed by atoms with Gasteiger partial charge in [-0.2, -0.15) is 0 Å². The lowest BCUT2D eigenvalue weighted by Gasteiger charge is -2.33. The van der Waals surface area contributed by atoms with Gasteiger partial charge in [-0.25, -0.2) is 0 Å². The van der Waals surface area contributed by atoms with Crippen molar-refractivity contribution < 1.29 is 9.47 Å². The SMILES string of the molecule is CCCOc1ccc(OC2CC(CC)CCC2N)cc1. The fourth-order valence-electron chi connectivity index (χ4n) is 2.75. The molecule has 2 N–H and O–H groups in total. The molecule has 3 atom stereocenters. The highest BCUT2D eigenvalue weighted by molar-refractivity contribution is 5.31. The molecule has 1 aliphatic carbocycles. The van der Waals surface area contributed by atoms with Crippen LogP contribution in [0, 0.1) is 5.92 Å². The van der Waals surface area contributed by atoms with Crippen LogP contribution in [0.5, 0.6) is 11.5 Å². The fraction of sp³-hybridized carbons (Fsp3) is 0.647. The lowest BCUT2D eigenvalue weighted by atomic mass is 9.83. The first-order chi connectivity index (χ1) is 9.72. The molecule has 3 heteroatoms. The van der Waals surface area contributed by atoms with Crippen LogP contribution in [0.15, 0.2) is 24.3 Å². The van der Waals surface area contributed by atoms with Crippen molar-refractivity contribution in [1.29, 1.82) is 0 Å². The molecule has 0 spiro atoms. The molecule has 1 saturated carbocycles. The normalized spacial score (nSPS) is 26.2. The third kappa shape index (κ3) is 4.14. The number of hydrogen-bond donors (Lipinski definition) is 1. The molecule has 20 heavy (non-hydrogen) atoms. The third-order valence-corrected chi connectivity index (χ3v) is 4.11. The van der Waals surface area contributed by atoms with E-state index in [4.69, 9.17) is 15.2 Å². The quantitative estimate of drug-likeness (QED) is 0.861. The summed E-state index contributed by atoms with van der Waals surface area (Å²) >= 11 is 0. The van der Waals surface area contributed by atoms with Crippen molar-refractivity contribution in [3.05, 3.63) is 24.3 Å². The summed E-state index contributed by atoms with van der Waals surface area (Å²) in [6.45, 7) is 5.11. The first kappa shape index (κ1) is 15.2. The second kappa shape index (κ2) is 7.53. The first-order valence-electron chi connectivity index (χ1n) is 7.88. The number of benzene rings is 1. The van der Waals surface area contributed by atoms with Gasteiger partial charge in [-0.15, -0.1) is 0 Å². The van der Waals surface area contributed by atoms with Crippen molar-refractivity contribution in [3.63, 3.8) is 0 Å². The maximum Gasteiger partial charge on any atom is 0.120 e. The Morgan fingerprint density at radius 2 is 1.80 bits per heavy atom. The Labute approximate surface area is 122 Å². The van der Waals surface area contributed by atoms with Crippen molar-refractivity contribution in [3.8, 4) is 11.5 Å². The molecule has 1 aromatic rings. The van der Waals surface area contributed by atoms with Gasteiger partial charge in [0, 0.05) is 6.04 Å². The number of ether oxygens (including phenoxy) is 2. The summed E-state index contributed by atoms with van der Waals surface area (Å²) in [4.78, 5) is 0. The molecule has 0 aliphatic heterocycles. The molecule has 0 saturated heterocycles. The van der Waals surface area contributed by atoms with Gasteiger partial charge in [0.25, 0.3) is 0 Å². The van der Waals surface area contributed by atoms with Crippen LogP contribution < -0.4 is 15.2 Å². The minimum Gasteiger partial charge on any atom is -0.494 e. The van der Waals surface area contributed by atoms with E-state index in [1.54, 1.807) is 0 Å². The van der Waals surface area contributed by atoms with E-state index in [9.17, 15) is 0 Å². The van der Waals surface area contributed by atoms with Crippen LogP contribution >= 0.6 is 0 Å². The lowest BCUT2D eigenvalue weighted by Crippen LogP contribution is -2.43. The topological polar surface area (TPSA) is 44.5 Å². The van der Waals surface area contributed by atoms with Crippen LogP contribution in [-0.2, 0) is 0 Å². The maximum absolute atomic E-state index is 6.19. The summed E-state index contributed by atoms with van der Waals surface area (Å²) in [5.74, 6) is 2.55. The van der Waals surface area contributed by atoms with E-state index < -0.39 is 0 Å². The maximum atomic E-state index is 6.19. The molecular formula is C17H27NO2. The predicted molar refractivity (Wildman–Crippen MR) is 82.3 cm³/mol. The third-order valence-electron chi connectivity index (χ3n) is 4.11. The molecule has 0 aromatic heterocycles. The summed E-state index contributed by atoms with van der Waals surface area (Å²) < 4.78 is 11.7. The van der Waals surface area contributed by atoms with Crippen molar-refractivity contribution in [2.75, 3.05) is 6.61 Å². The molecule has 0 radical (unpaired) electrons. The standard InChI is InChI=1S/C17H27NO2/c1-3-11-19-14-6-8-15(9-7-14)20-17-12-13(4-2)5-10-16(17)18/h6-9,13,16-17H,3-5,10-12,18H2,1-2H3. The Hall–Kier alpha value is -1.22. The second-order valence-electron chi connectivity index (χ2n) is 5.73. The summed E-state index contributed by atoms with van der Waals surface area (Å²) in [5.41, 5.74) is 6.19. The van der Waals surface area contributed by atoms with E-state index in [0.29, 0.717) is 0 Å². The first-order valence-corrected chi connectivity index (χ1v) is 7.88. The molecule has 1 fully saturated rings. The van der Waals surface area contributed by atoms with Gasteiger partial charge < -0.3 is 15.2 Å². The average Bonchev–Trinajstić information content (AvgIpc) is 2.49. The Kier molecular flexibility index (Phi) is 5.72. The van der Waals surface area contributed by atoms with E-state index in [0.717, 1.165) is 43.3 Å². The monoisotopic (exact) mass is 277 g/mol. The average molecular weight is 277 g/mol. The molecule has 3 nitrogen and oxygen atoms in total. The van der Waals surface area contributed by atoms with Crippen LogP contribution in [0.25, 0.3) is 0 Å². The van der Waals surface area contributed by atoms with Crippen molar-refractivity contribution in [2.45, 2.75) is 58.1 Å². The molecule has 0 bridgehead atoms. The Morgan fingerprint density at radius 3 is 2.45 bits per heavy atom. The van der Waals surface area contributed by atoms with Gasteiger partial charge in [0.1, 0.15) is 17.6 Å². The summed E-state index contributed by atoms with van der Waals surface area (Å²) in [6, 6.07) is 8.06. The highest BCUT2D eigenvalue weighted by Gasteiger charge is 2.28. The van der Waals surface area contributed by atoms with Crippen LogP contribution in [0.2, 0.25) is 0 Å². The summed E-state index contributed by atoms with van der Waals surface area (Å²) in [7, 11) is 0. The van der Waals surface area contributed by atoms with E-state index in [-0.39, 0.29) is 12.1 Å². The zero-order valence-corrected chi connectivity index (χ0v) is 12.7. The molecule has 1 aliphatic rings. The second-order valence-corrected chi connectivity index (χ2v) is 5.73. The van der Waals surface area contributed by atoms with Crippen molar-refractivity contribution in [2.24, 2.45) is 11.7 Å². The van der Waals surface area contributed by atoms with Crippen molar-refractivity contribution in [1.82, 2.24) is 0 Å². The smallest absolute Gasteiger partial charge is 0.120 e. The van der Waals surface area contributed by atoms with Gasteiger partial charge in [0.05, 0.1) is 6.61 Å². The van der Waals surface area contributed by atoms with Gasteiger partial charge >= 0.3 is 0 Å². The minimum absolute atomic E-state index is 0.149. The zero-order valence-electron chi connectivity index (χ0n) is 12.7. The van der Waals surface area contributed by atoms with Crippen LogP contribution in [0.3, 0.4) is 0 Å². The van der Waals surface area contributed by atoms with E-state index >= 15 is 0 Å². The molecule has 3 unspecified atom stereocenters. The minimum atomic E-state index is 0.149. The van der Waals surface area contributed by atoms with E-state index in [1.807, 2.05) is 24.3 Å². The van der Waals surface area contributed by atoms with Gasteiger partial charge in [0.2, 0.25) is 0 Å². The fourth-order valence-corrected chi connectivity index (χ4v) is 2.75. The largest absolute Gasteiger partial charge is 0.494 e. The molecule has 2 rings (SSSR count). The Balaban J connectivity index is 1.91. The number of nitrogens with two attached hydrogens (primary N) is 1. The van der Waals surface area contributed by atoms with E-state index in [1.165, 1.54) is 12.8 Å². The Morgan fingerprint density at radius 1 is 1.10 bits per heavy atom. The van der Waals surface area contributed by atoms with Crippen LogP contribution in [0.4, 0.5) is 0 Å². The highest BCUT2D eigenvalue weighted by atomic mass is 16.5. The number of rotatable bonds is 6. The molecule has 112 valence electrons. The molecule has 1 aromatic carbocycles. The van der Waals surface area contributed by atoms with Gasteiger partial charge in [-0.1, -0.05) is 20.3 Å².